The fourth-order valence-corrected chi connectivity index (χ4v) is 4.11. The molecule has 29 heavy (non-hydrogen) atoms. The second-order valence-corrected chi connectivity index (χ2v) is 7.72. The monoisotopic (exact) mass is 393 g/mol. The predicted molar refractivity (Wildman–Crippen MR) is 111 cm³/mol. The number of carbonyl (C=O) groups is 2. The van der Waals surface area contributed by atoms with E-state index in [1.807, 2.05) is 41.3 Å². The lowest BCUT2D eigenvalue weighted by Crippen LogP contribution is -2.52. The molecule has 4 rings (SSSR count). The second-order valence-electron chi connectivity index (χ2n) is 7.72. The molecular formula is C22H27N5O2. The Labute approximate surface area is 171 Å². The molecule has 7 nitrogen and oxygen atoms in total. The largest absolute Gasteiger partial charge is 0.341 e. The third kappa shape index (κ3) is 4.79. The summed E-state index contributed by atoms with van der Waals surface area (Å²) in [6.45, 7) is 4.93. The number of anilines is 1. The Hall–Kier alpha value is -2.80. The number of piperidine rings is 1. The number of hydrogen-bond donors (Lipinski definition) is 0. The van der Waals surface area contributed by atoms with Crippen molar-refractivity contribution < 1.29 is 9.59 Å². The summed E-state index contributed by atoms with van der Waals surface area (Å²) in [5.41, 5.74) is 0.742. The van der Waals surface area contributed by atoms with Crippen LogP contribution in [0, 0.1) is 5.92 Å². The molecular weight excluding hydrogens is 366 g/mol. The van der Waals surface area contributed by atoms with Gasteiger partial charge in [-0.1, -0.05) is 30.3 Å². The molecule has 1 amide bonds. The Morgan fingerprint density at radius 2 is 1.66 bits per heavy atom. The number of amides is 1. The normalized spacial score (nSPS) is 20.5. The molecule has 0 bridgehead atoms. The van der Waals surface area contributed by atoms with E-state index in [2.05, 4.69) is 19.8 Å². The van der Waals surface area contributed by atoms with E-state index in [0.717, 1.165) is 57.1 Å². The number of ketones is 1. The van der Waals surface area contributed by atoms with Crippen molar-refractivity contribution in [3.05, 3.63) is 54.4 Å². The molecule has 0 N–H and O–H groups in total. The molecule has 7 heteroatoms. The minimum atomic E-state index is -0.0952. The number of carbonyl (C=O) groups excluding carboxylic acids is 2. The van der Waals surface area contributed by atoms with Crippen LogP contribution in [0.2, 0.25) is 0 Å². The number of benzene rings is 1. The Morgan fingerprint density at radius 1 is 0.931 bits per heavy atom. The highest BCUT2D eigenvalue weighted by atomic mass is 16.2. The van der Waals surface area contributed by atoms with Crippen molar-refractivity contribution in [2.24, 2.45) is 5.92 Å². The van der Waals surface area contributed by atoms with E-state index in [4.69, 9.17) is 0 Å². The highest BCUT2D eigenvalue weighted by Gasteiger charge is 2.30. The maximum atomic E-state index is 12.9. The van der Waals surface area contributed by atoms with Gasteiger partial charge in [0.05, 0.1) is 6.54 Å². The first-order chi connectivity index (χ1) is 14.2. The molecule has 1 atom stereocenters. The van der Waals surface area contributed by atoms with Crippen LogP contribution >= 0.6 is 0 Å². The summed E-state index contributed by atoms with van der Waals surface area (Å²) < 4.78 is 0. The SMILES string of the molecule is O=C(c1ccccc1)C1CCCN(C(=O)CN2CCN(c3ncccn3)CC2)C1. The van der Waals surface area contributed by atoms with Gasteiger partial charge < -0.3 is 9.80 Å². The van der Waals surface area contributed by atoms with Crippen LogP contribution in [-0.2, 0) is 4.79 Å². The molecule has 1 aromatic heterocycles. The Balaban J connectivity index is 1.28. The predicted octanol–water partition coefficient (Wildman–Crippen LogP) is 1.72. The number of nitrogens with zero attached hydrogens (tertiary/aromatic N) is 5. The molecule has 2 fully saturated rings. The van der Waals surface area contributed by atoms with Crippen LogP contribution in [0.25, 0.3) is 0 Å². The van der Waals surface area contributed by atoms with Gasteiger partial charge in [-0.05, 0) is 18.9 Å². The molecule has 0 radical (unpaired) electrons. The molecule has 0 spiro atoms. The van der Waals surface area contributed by atoms with E-state index in [-0.39, 0.29) is 17.6 Å². The third-order valence-electron chi connectivity index (χ3n) is 5.77. The third-order valence-corrected chi connectivity index (χ3v) is 5.77. The summed E-state index contributed by atoms with van der Waals surface area (Å²) in [7, 11) is 0. The summed E-state index contributed by atoms with van der Waals surface area (Å²) in [5.74, 6) is 0.929. The molecule has 2 aliphatic heterocycles. The minimum Gasteiger partial charge on any atom is -0.341 e. The number of piperazine rings is 1. The molecule has 1 aromatic carbocycles. The first kappa shape index (κ1) is 19.5. The quantitative estimate of drug-likeness (QED) is 0.721. The molecule has 2 aromatic rings. The van der Waals surface area contributed by atoms with Crippen LogP contribution in [0.1, 0.15) is 23.2 Å². The first-order valence-corrected chi connectivity index (χ1v) is 10.3. The number of rotatable bonds is 5. The van der Waals surface area contributed by atoms with Crippen LogP contribution in [0.15, 0.2) is 48.8 Å². The van der Waals surface area contributed by atoms with Crippen molar-refractivity contribution in [3.8, 4) is 0 Å². The zero-order valence-electron chi connectivity index (χ0n) is 16.6. The van der Waals surface area contributed by atoms with Crippen LogP contribution in [0.4, 0.5) is 5.95 Å². The zero-order valence-corrected chi connectivity index (χ0v) is 16.6. The smallest absolute Gasteiger partial charge is 0.236 e. The highest BCUT2D eigenvalue weighted by molar-refractivity contribution is 5.98. The maximum Gasteiger partial charge on any atom is 0.236 e. The lowest BCUT2D eigenvalue weighted by atomic mass is 9.90. The van der Waals surface area contributed by atoms with Gasteiger partial charge in [-0.3, -0.25) is 14.5 Å². The number of aromatic nitrogens is 2. The lowest BCUT2D eigenvalue weighted by Gasteiger charge is -2.37. The van der Waals surface area contributed by atoms with E-state index < -0.39 is 0 Å². The van der Waals surface area contributed by atoms with E-state index in [1.54, 1.807) is 12.4 Å². The summed E-state index contributed by atoms with van der Waals surface area (Å²) in [4.78, 5) is 40.4. The average molecular weight is 393 g/mol. The van der Waals surface area contributed by atoms with E-state index in [9.17, 15) is 9.59 Å². The fourth-order valence-electron chi connectivity index (χ4n) is 4.11. The average Bonchev–Trinajstić information content (AvgIpc) is 2.80. The molecule has 0 aliphatic carbocycles. The number of hydrogen-bond acceptors (Lipinski definition) is 6. The highest BCUT2D eigenvalue weighted by Crippen LogP contribution is 2.21. The van der Waals surface area contributed by atoms with Crippen molar-refractivity contribution in [1.82, 2.24) is 19.8 Å². The molecule has 152 valence electrons. The van der Waals surface area contributed by atoms with E-state index >= 15 is 0 Å². The maximum absolute atomic E-state index is 12.9. The Morgan fingerprint density at radius 3 is 2.38 bits per heavy atom. The van der Waals surface area contributed by atoms with Crippen LogP contribution < -0.4 is 4.90 Å². The fraction of sp³-hybridized carbons (Fsp3) is 0.455. The van der Waals surface area contributed by atoms with Crippen molar-refractivity contribution in [2.45, 2.75) is 12.8 Å². The Bertz CT molecular complexity index is 822. The topological polar surface area (TPSA) is 69.6 Å². The van der Waals surface area contributed by atoms with E-state index in [0.29, 0.717) is 13.1 Å². The van der Waals surface area contributed by atoms with Crippen LogP contribution in [0.5, 0.6) is 0 Å². The summed E-state index contributed by atoms with van der Waals surface area (Å²) in [6.07, 6.45) is 5.24. The van der Waals surface area contributed by atoms with Crippen molar-refractivity contribution >= 4 is 17.6 Å². The molecule has 1 unspecified atom stereocenters. The number of Topliss-reactive ketones (excluding diaryl/α,β-unsaturated/α-hetero) is 1. The van der Waals surface area contributed by atoms with Crippen molar-refractivity contribution in [2.75, 3.05) is 50.7 Å². The standard InChI is InChI=1S/C22H27N5O2/c28-20(17-25-12-14-26(15-13-25)22-23-9-5-10-24-22)27-11-4-8-19(16-27)21(29)18-6-2-1-3-7-18/h1-3,5-7,9-10,19H,4,8,11-17H2. The van der Waals surface area contributed by atoms with Crippen molar-refractivity contribution in [1.29, 1.82) is 0 Å². The molecule has 2 aliphatic rings. The van der Waals surface area contributed by atoms with Gasteiger partial charge in [-0.15, -0.1) is 0 Å². The van der Waals surface area contributed by atoms with Gasteiger partial charge in [0.1, 0.15) is 0 Å². The van der Waals surface area contributed by atoms with Crippen LogP contribution in [-0.4, -0.2) is 77.3 Å². The van der Waals surface area contributed by atoms with Gasteiger partial charge in [-0.2, -0.15) is 0 Å². The molecule has 0 saturated carbocycles. The summed E-state index contributed by atoms with van der Waals surface area (Å²) in [5, 5.41) is 0. The second kappa shape index (κ2) is 9.13. The van der Waals surface area contributed by atoms with Crippen LogP contribution in [0.3, 0.4) is 0 Å². The van der Waals surface area contributed by atoms with Gasteiger partial charge in [-0.25, -0.2) is 9.97 Å². The zero-order chi connectivity index (χ0) is 20.1. The van der Waals surface area contributed by atoms with E-state index in [1.165, 1.54) is 0 Å². The first-order valence-electron chi connectivity index (χ1n) is 10.3. The number of likely N-dealkylation sites (tertiary alicyclic amines) is 1. The van der Waals surface area contributed by atoms with Gasteiger partial charge in [0.15, 0.2) is 5.78 Å². The van der Waals surface area contributed by atoms with Gasteiger partial charge in [0, 0.05) is 63.1 Å². The van der Waals surface area contributed by atoms with Crippen molar-refractivity contribution in [3.63, 3.8) is 0 Å². The molecule has 2 saturated heterocycles. The summed E-state index contributed by atoms with van der Waals surface area (Å²) in [6, 6.07) is 11.2. The Kier molecular flexibility index (Phi) is 6.14. The van der Waals surface area contributed by atoms with Gasteiger partial charge in [0.2, 0.25) is 11.9 Å². The summed E-state index contributed by atoms with van der Waals surface area (Å²) >= 11 is 0. The van der Waals surface area contributed by atoms with Gasteiger partial charge in [0.25, 0.3) is 0 Å². The minimum absolute atomic E-state index is 0.0952. The van der Waals surface area contributed by atoms with Gasteiger partial charge >= 0.3 is 0 Å². The lowest BCUT2D eigenvalue weighted by molar-refractivity contribution is -0.133. The molecule has 3 heterocycles.